The summed E-state index contributed by atoms with van der Waals surface area (Å²) in [5.74, 6) is -0.737. The van der Waals surface area contributed by atoms with Crippen LogP contribution in [0.15, 0.2) is 78.9 Å². The van der Waals surface area contributed by atoms with E-state index >= 15 is 0 Å². The van der Waals surface area contributed by atoms with Gasteiger partial charge in [0.15, 0.2) is 0 Å². The van der Waals surface area contributed by atoms with Crippen molar-refractivity contribution in [2.24, 2.45) is 0 Å². The fraction of sp³-hybridized carbons (Fsp3) is 0.0800. The van der Waals surface area contributed by atoms with Gasteiger partial charge in [-0.1, -0.05) is 60.1 Å². The summed E-state index contributed by atoms with van der Waals surface area (Å²) < 4.78 is 20.0. The van der Waals surface area contributed by atoms with Gasteiger partial charge >= 0.3 is 5.97 Å². The Hall–Kier alpha value is -3.57. The molecule has 0 amide bonds. The third kappa shape index (κ3) is 4.62. The number of aromatic carboxylic acids is 1. The highest BCUT2D eigenvalue weighted by molar-refractivity contribution is 6.33. The number of benzene rings is 4. The molecule has 4 aromatic rings. The number of fused-ring (bicyclic) bond motifs is 1. The summed E-state index contributed by atoms with van der Waals surface area (Å²) in [6, 6.07) is 22.7. The van der Waals surface area contributed by atoms with Crippen LogP contribution in [0.2, 0.25) is 5.02 Å². The summed E-state index contributed by atoms with van der Waals surface area (Å²) >= 11 is 6.26. The van der Waals surface area contributed by atoms with Gasteiger partial charge in [-0.2, -0.15) is 0 Å². The molecule has 6 heteroatoms. The molecule has 0 spiro atoms. The van der Waals surface area contributed by atoms with Gasteiger partial charge in [0.25, 0.3) is 0 Å². The van der Waals surface area contributed by atoms with Crippen molar-refractivity contribution in [1.82, 2.24) is 0 Å². The van der Waals surface area contributed by atoms with Gasteiger partial charge in [0.05, 0.1) is 16.3 Å². The number of ether oxygens (including phenoxy) is 1. The number of hydrogen-bond donors (Lipinski definition) is 2. The molecule has 31 heavy (non-hydrogen) atoms. The van der Waals surface area contributed by atoms with Crippen molar-refractivity contribution in [3.05, 3.63) is 106 Å². The van der Waals surface area contributed by atoms with E-state index in [9.17, 15) is 14.3 Å². The van der Waals surface area contributed by atoms with Crippen LogP contribution >= 0.6 is 11.6 Å². The van der Waals surface area contributed by atoms with Crippen molar-refractivity contribution >= 4 is 34.0 Å². The summed E-state index contributed by atoms with van der Waals surface area (Å²) in [6.07, 6.45) is 0. The molecular weight excluding hydrogens is 417 g/mol. The Bertz CT molecular complexity index is 1260. The largest absolute Gasteiger partial charge is 0.488 e. The second kappa shape index (κ2) is 9.06. The maximum absolute atomic E-state index is 14.0. The zero-order chi connectivity index (χ0) is 21.8. The summed E-state index contributed by atoms with van der Waals surface area (Å²) in [5, 5.41) is 14.9. The number of carboxylic acid groups (broad SMARTS) is 1. The summed E-state index contributed by atoms with van der Waals surface area (Å²) in [5.41, 5.74) is 1.98. The first-order valence-electron chi connectivity index (χ1n) is 9.66. The second-order valence-electron chi connectivity index (χ2n) is 7.00. The Morgan fingerprint density at radius 2 is 1.77 bits per heavy atom. The van der Waals surface area contributed by atoms with E-state index in [2.05, 4.69) is 5.32 Å². The van der Waals surface area contributed by atoms with Gasteiger partial charge in [-0.05, 0) is 41.1 Å². The third-order valence-electron chi connectivity index (χ3n) is 5.01. The quantitative estimate of drug-likeness (QED) is 0.347. The minimum Gasteiger partial charge on any atom is -0.488 e. The van der Waals surface area contributed by atoms with E-state index in [0.717, 1.165) is 16.3 Å². The smallest absolute Gasteiger partial charge is 0.335 e. The number of hydrogen-bond acceptors (Lipinski definition) is 3. The molecule has 156 valence electrons. The lowest BCUT2D eigenvalue weighted by molar-refractivity contribution is 0.0697. The molecule has 0 heterocycles. The molecule has 0 fully saturated rings. The molecule has 2 N–H and O–H groups in total. The molecule has 0 bridgehead atoms. The van der Waals surface area contributed by atoms with E-state index in [1.54, 1.807) is 24.3 Å². The highest BCUT2D eigenvalue weighted by Crippen LogP contribution is 2.31. The molecule has 0 aliphatic rings. The van der Waals surface area contributed by atoms with E-state index in [4.69, 9.17) is 16.3 Å². The lowest BCUT2D eigenvalue weighted by Gasteiger charge is -2.16. The van der Waals surface area contributed by atoms with Gasteiger partial charge in [0.2, 0.25) is 0 Å². The van der Waals surface area contributed by atoms with Crippen molar-refractivity contribution in [3.63, 3.8) is 0 Å². The molecule has 0 saturated carbocycles. The molecule has 0 saturated heterocycles. The monoisotopic (exact) mass is 435 g/mol. The van der Waals surface area contributed by atoms with E-state index < -0.39 is 5.97 Å². The molecule has 0 unspecified atom stereocenters. The van der Waals surface area contributed by atoms with Gasteiger partial charge in [-0.15, -0.1) is 0 Å². The molecule has 0 atom stereocenters. The number of nitrogens with one attached hydrogen (secondary N) is 1. The topological polar surface area (TPSA) is 58.6 Å². The number of rotatable bonds is 7. The summed E-state index contributed by atoms with van der Waals surface area (Å²) in [4.78, 5) is 11.3. The molecule has 4 rings (SSSR count). The first kappa shape index (κ1) is 20.7. The third-order valence-corrected chi connectivity index (χ3v) is 5.34. The molecule has 4 aromatic carbocycles. The Kier molecular flexibility index (Phi) is 6.05. The second-order valence-corrected chi connectivity index (χ2v) is 7.40. The first-order chi connectivity index (χ1) is 15.0. The molecule has 4 nitrogen and oxygen atoms in total. The number of halogens is 2. The maximum atomic E-state index is 14.0. The minimum absolute atomic E-state index is 0.0905. The van der Waals surface area contributed by atoms with E-state index in [-0.39, 0.29) is 18.0 Å². The maximum Gasteiger partial charge on any atom is 0.335 e. The van der Waals surface area contributed by atoms with Crippen molar-refractivity contribution in [2.75, 3.05) is 5.32 Å². The molecule has 0 aromatic heterocycles. The highest BCUT2D eigenvalue weighted by atomic mass is 35.5. The van der Waals surface area contributed by atoms with Crippen molar-refractivity contribution < 1.29 is 19.0 Å². The van der Waals surface area contributed by atoms with Crippen LogP contribution < -0.4 is 10.1 Å². The van der Waals surface area contributed by atoms with Crippen LogP contribution in [0.3, 0.4) is 0 Å². The fourth-order valence-corrected chi connectivity index (χ4v) is 3.57. The lowest BCUT2D eigenvalue weighted by Crippen LogP contribution is -2.06. The van der Waals surface area contributed by atoms with E-state index in [0.29, 0.717) is 28.6 Å². The van der Waals surface area contributed by atoms with Gasteiger partial charge in [0, 0.05) is 17.7 Å². The number of carboxylic acids is 1. The summed E-state index contributed by atoms with van der Waals surface area (Å²) in [6.45, 7) is 0.435. The highest BCUT2D eigenvalue weighted by Gasteiger charge is 2.12. The first-order valence-corrected chi connectivity index (χ1v) is 10.0. The lowest BCUT2D eigenvalue weighted by atomic mass is 10.0. The Labute approximate surface area is 183 Å². The predicted octanol–water partition coefficient (Wildman–Crippen LogP) is 6.52. The van der Waals surface area contributed by atoms with Crippen LogP contribution in [0.5, 0.6) is 5.75 Å². The van der Waals surface area contributed by atoms with Crippen LogP contribution in [-0.4, -0.2) is 11.1 Å². The normalized spacial score (nSPS) is 10.8. The SMILES string of the molecule is O=C(O)c1ccc(Cl)c(NCc2c(OCc3ccccc3F)ccc3ccccc23)c1. The van der Waals surface area contributed by atoms with Crippen LogP contribution in [0, 0.1) is 5.82 Å². The average Bonchev–Trinajstić information content (AvgIpc) is 2.78. The fourth-order valence-electron chi connectivity index (χ4n) is 3.38. The Morgan fingerprint density at radius 3 is 2.58 bits per heavy atom. The van der Waals surface area contributed by atoms with Crippen molar-refractivity contribution in [3.8, 4) is 5.75 Å². The zero-order valence-corrected chi connectivity index (χ0v) is 17.2. The van der Waals surface area contributed by atoms with E-state index in [1.807, 2.05) is 36.4 Å². The molecule has 0 radical (unpaired) electrons. The van der Waals surface area contributed by atoms with Gasteiger partial charge in [0.1, 0.15) is 18.2 Å². The van der Waals surface area contributed by atoms with Crippen LogP contribution in [0.25, 0.3) is 10.8 Å². The number of carbonyl (C=O) groups is 1. The van der Waals surface area contributed by atoms with Crippen LogP contribution in [0.1, 0.15) is 21.5 Å². The summed E-state index contributed by atoms with van der Waals surface area (Å²) in [7, 11) is 0. The van der Waals surface area contributed by atoms with Gasteiger partial charge < -0.3 is 15.2 Å². The predicted molar refractivity (Wildman–Crippen MR) is 120 cm³/mol. The van der Waals surface area contributed by atoms with Crippen LogP contribution in [-0.2, 0) is 13.2 Å². The Morgan fingerprint density at radius 1 is 1.00 bits per heavy atom. The molecular formula is C25H19ClFNO3. The number of anilines is 1. The standard InChI is InChI=1S/C25H19ClFNO3/c26-21-11-9-17(25(29)30)13-23(21)28-14-20-19-7-3-1-5-16(19)10-12-24(20)31-15-18-6-2-4-8-22(18)27/h1-13,28H,14-15H2,(H,29,30). The van der Waals surface area contributed by atoms with Gasteiger partial charge in [-0.3, -0.25) is 0 Å². The van der Waals surface area contributed by atoms with E-state index in [1.165, 1.54) is 18.2 Å². The molecule has 0 aliphatic carbocycles. The minimum atomic E-state index is -1.03. The average molecular weight is 436 g/mol. The molecule has 0 aliphatic heterocycles. The van der Waals surface area contributed by atoms with Crippen LogP contribution in [0.4, 0.5) is 10.1 Å². The van der Waals surface area contributed by atoms with Gasteiger partial charge in [-0.25, -0.2) is 9.18 Å². The van der Waals surface area contributed by atoms with Crippen molar-refractivity contribution in [2.45, 2.75) is 13.2 Å². The van der Waals surface area contributed by atoms with Crippen molar-refractivity contribution in [1.29, 1.82) is 0 Å². The zero-order valence-electron chi connectivity index (χ0n) is 16.4. The Balaban J connectivity index is 1.65.